The summed E-state index contributed by atoms with van der Waals surface area (Å²) in [6.45, 7) is 0.00468. The van der Waals surface area contributed by atoms with Crippen LogP contribution in [0.4, 0.5) is 34.1 Å². The van der Waals surface area contributed by atoms with E-state index in [2.05, 4.69) is 256 Å². The summed E-state index contributed by atoms with van der Waals surface area (Å²) in [6.07, 6.45) is 0. The van der Waals surface area contributed by atoms with Crippen LogP contribution in [-0.4, -0.2) is 15.8 Å². The lowest BCUT2D eigenvalue weighted by atomic mass is 9.33. The maximum absolute atomic E-state index is 2.49. The van der Waals surface area contributed by atoms with Crippen molar-refractivity contribution >= 4 is 101 Å². The molecule has 10 aromatic carbocycles. The molecule has 0 saturated carbocycles. The molecule has 65 heavy (non-hydrogen) atoms. The van der Waals surface area contributed by atoms with Gasteiger partial charge in [0.2, 0.25) is 0 Å². The molecule has 0 amide bonds. The molecule has 0 saturated heterocycles. The highest BCUT2D eigenvalue weighted by atomic mass is 15.2. The molecule has 0 unspecified atom stereocenters. The van der Waals surface area contributed by atoms with Gasteiger partial charge in [0.1, 0.15) is 0 Å². The van der Waals surface area contributed by atoms with Crippen LogP contribution >= 0.6 is 0 Å². The highest BCUT2D eigenvalue weighted by Crippen LogP contribution is 2.45. The van der Waals surface area contributed by atoms with Crippen LogP contribution in [0, 0.1) is 0 Å². The van der Waals surface area contributed by atoms with E-state index in [1.807, 2.05) is 0 Å². The Bertz CT molecular complexity index is 3740. The Kier molecular flexibility index (Phi) is 7.75. The molecule has 4 heterocycles. The summed E-state index contributed by atoms with van der Waals surface area (Å²) in [5.74, 6) is 0. The van der Waals surface area contributed by atoms with E-state index >= 15 is 0 Å². The van der Waals surface area contributed by atoms with E-state index in [9.17, 15) is 0 Å². The van der Waals surface area contributed by atoms with Gasteiger partial charge in [-0.3, -0.25) is 0 Å². The van der Waals surface area contributed by atoms with Crippen molar-refractivity contribution in [3.63, 3.8) is 0 Å². The Balaban J connectivity index is 0.967. The summed E-state index contributed by atoms with van der Waals surface area (Å²) in [7, 11) is 0. The normalized spacial score (nSPS) is 12.8. The molecule has 0 aliphatic carbocycles. The van der Waals surface area contributed by atoms with E-state index in [0.29, 0.717) is 0 Å². The summed E-state index contributed by atoms with van der Waals surface area (Å²) >= 11 is 0. The summed E-state index contributed by atoms with van der Waals surface area (Å²) in [5.41, 5.74) is 20.4. The first-order valence-corrected chi connectivity index (χ1v) is 22.5. The fourth-order valence-electron chi connectivity index (χ4n) is 11.1. The Hall–Kier alpha value is -8.54. The third-order valence-corrected chi connectivity index (χ3v) is 13.9. The fraction of sp³-hybridized carbons (Fsp3) is 0. The van der Waals surface area contributed by atoms with Gasteiger partial charge in [-0.1, -0.05) is 146 Å². The lowest BCUT2D eigenvalue weighted by Gasteiger charge is -2.44. The molecule has 4 nitrogen and oxygen atoms in total. The van der Waals surface area contributed by atoms with Crippen molar-refractivity contribution in [3.8, 4) is 22.5 Å². The van der Waals surface area contributed by atoms with E-state index in [1.165, 1.54) is 93.9 Å². The molecule has 2 aromatic heterocycles. The maximum Gasteiger partial charge on any atom is 0.252 e. The molecule has 302 valence electrons. The first-order valence-electron chi connectivity index (χ1n) is 22.5. The summed E-state index contributed by atoms with van der Waals surface area (Å²) < 4.78 is 4.82. The van der Waals surface area contributed by atoms with Gasteiger partial charge in [0, 0.05) is 67.0 Å². The number of aromatic nitrogens is 2. The van der Waals surface area contributed by atoms with Crippen LogP contribution < -0.4 is 26.2 Å². The molecule has 0 radical (unpaired) electrons. The number of nitrogens with zero attached hydrogens (tertiary/aromatic N) is 4. The van der Waals surface area contributed by atoms with Gasteiger partial charge in [0.25, 0.3) is 6.71 Å². The van der Waals surface area contributed by atoms with Crippen LogP contribution in [-0.2, 0) is 0 Å². The average Bonchev–Trinajstić information content (AvgIpc) is 3.90. The quantitative estimate of drug-likeness (QED) is 0.161. The predicted molar refractivity (Wildman–Crippen MR) is 275 cm³/mol. The van der Waals surface area contributed by atoms with Crippen LogP contribution in [0.15, 0.2) is 237 Å². The molecular weight excluding hydrogens is 787 g/mol. The van der Waals surface area contributed by atoms with Crippen LogP contribution in [0.1, 0.15) is 0 Å². The number of anilines is 6. The largest absolute Gasteiger partial charge is 0.311 e. The van der Waals surface area contributed by atoms with E-state index in [1.54, 1.807) is 0 Å². The smallest absolute Gasteiger partial charge is 0.252 e. The van der Waals surface area contributed by atoms with E-state index < -0.39 is 0 Å². The fourth-order valence-corrected chi connectivity index (χ4v) is 11.1. The minimum atomic E-state index is 0.00468. The Morgan fingerprint density at radius 1 is 0.262 bits per heavy atom. The summed E-state index contributed by atoms with van der Waals surface area (Å²) in [6, 6.07) is 87.0. The molecule has 14 rings (SSSR count). The standard InChI is InChI=1S/C60H39BN4/c1-3-16-42(17-4-1)63-56-28-15-29-57-60(56)61(50-36-32-41(38-58(50)63)40-30-33-44(34-31-40)62-52-24-11-7-20-46(52)47-21-8-12-25-53(47)62)51-37-35-45(39-59(51)64(57)43-18-5-2-6-19-43)65-54-26-13-9-22-48(54)49-23-10-14-27-55(49)65/h1-39H. The van der Waals surface area contributed by atoms with Crippen molar-refractivity contribution in [2.75, 3.05) is 9.80 Å². The van der Waals surface area contributed by atoms with Gasteiger partial charge in [-0.15, -0.1) is 0 Å². The van der Waals surface area contributed by atoms with Crippen LogP contribution in [0.25, 0.3) is 66.1 Å². The van der Waals surface area contributed by atoms with Crippen LogP contribution in [0.3, 0.4) is 0 Å². The molecule has 2 aliphatic heterocycles. The van der Waals surface area contributed by atoms with Crippen molar-refractivity contribution in [1.29, 1.82) is 0 Å². The third kappa shape index (κ3) is 5.27. The zero-order valence-corrected chi connectivity index (χ0v) is 35.4. The van der Waals surface area contributed by atoms with Crippen molar-refractivity contribution in [2.24, 2.45) is 0 Å². The number of rotatable bonds is 5. The lowest BCUT2D eigenvalue weighted by Crippen LogP contribution is -2.61. The van der Waals surface area contributed by atoms with Crippen molar-refractivity contribution in [2.45, 2.75) is 0 Å². The highest BCUT2D eigenvalue weighted by Gasteiger charge is 2.43. The highest BCUT2D eigenvalue weighted by molar-refractivity contribution is 7.00. The second-order valence-electron chi connectivity index (χ2n) is 17.3. The van der Waals surface area contributed by atoms with Gasteiger partial charge in [-0.05, 0) is 119 Å². The minimum absolute atomic E-state index is 0.00468. The number of hydrogen-bond acceptors (Lipinski definition) is 2. The van der Waals surface area contributed by atoms with E-state index in [-0.39, 0.29) is 6.71 Å². The molecule has 12 aromatic rings. The number of benzene rings is 10. The second-order valence-corrected chi connectivity index (χ2v) is 17.3. The molecular formula is C60H39BN4. The van der Waals surface area contributed by atoms with Gasteiger partial charge >= 0.3 is 0 Å². The Morgan fingerprint density at radius 2 is 0.662 bits per heavy atom. The average molecular weight is 827 g/mol. The van der Waals surface area contributed by atoms with Crippen molar-refractivity contribution < 1.29 is 0 Å². The third-order valence-electron chi connectivity index (χ3n) is 13.9. The predicted octanol–water partition coefficient (Wildman–Crippen LogP) is 13.6. The number of para-hydroxylation sites is 6. The number of hydrogen-bond donors (Lipinski definition) is 0. The zero-order valence-electron chi connectivity index (χ0n) is 35.4. The van der Waals surface area contributed by atoms with Gasteiger partial charge in [-0.25, -0.2) is 0 Å². The van der Waals surface area contributed by atoms with Gasteiger partial charge < -0.3 is 18.9 Å². The monoisotopic (exact) mass is 826 g/mol. The minimum Gasteiger partial charge on any atom is -0.311 e. The Morgan fingerprint density at radius 3 is 1.17 bits per heavy atom. The molecule has 0 atom stereocenters. The molecule has 2 aliphatic rings. The molecule has 0 fully saturated rings. The summed E-state index contributed by atoms with van der Waals surface area (Å²) in [4.78, 5) is 4.98. The lowest BCUT2D eigenvalue weighted by molar-refractivity contribution is 1.17. The van der Waals surface area contributed by atoms with Crippen LogP contribution in [0.5, 0.6) is 0 Å². The number of fused-ring (bicyclic) bond motifs is 10. The molecule has 0 bridgehead atoms. The van der Waals surface area contributed by atoms with E-state index in [0.717, 1.165) is 22.7 Å². The Labute approximate surface area is 377 Å². The maximum atomic E-state index is 2.49. The zero-order chi connectivity index (χ0) is 42.6. The topological polar surface area (TPSA) is 16.3 Å². The van der Waals surface area contributed by atoms with Gasteiger partial charge in [0.05, 0.1) is 22.1 Å². The SMILES string of the molecule is c1ccc(N2c3cc(-c4ccc(-n5c6ccccc6c6ccccc65)cc4)ccc3B3c4ccc(-n5c6ccccc6c6ccccc65)cc4N(c4ccccc4)c4cccc2c43)cc1. The summed E-state index contributed by atoms with van der Waals surface area (Å²) in [5, 5.41) is 5.06. The first-order chi connectivity index (χ1) is 32.3. The van der Waals surface area contributed by atoms with Gasteiger partial charge in [-0.2, -0.15) is 0 Å². The van der Waals surface area contributed by atoms with Crippen molar-refractivity contribution in [1.82, 2.24) is 9.13 Å². The van der Waals surface area contributed by atoms with Gasteiger partial charge in [0.15, 0.2) is 0 Å². The van der Waals surface area contributed by atoms with Crippen molar-refractivity contribution in [3.05, 3.63) is 237 Å². The molecule has 0 spiro atoms. The first kappa shape index (κ1) is 36.0. The van der Waals surface area contributed by atoms with E-state index in [4.69, 9.17) is 0 Å². The molecule has 5 heteroatoms. The van der Waals surface area contributed by atoms with Crippen LogP contribution in [0.2, 0.25) is 0 Å². The molecule has 0 N–H and O–H groups in total. The second kappa shape index (κ2) is 14.0.